The van der Waals surface area contributed by atoms with Crippen molar-refractivity contribution < 1.29 is 28.7 Å². The number of nitrogens with zero attached hydrogens (tertiary/aromatic N) is 1. The Labute approximate surface area is 139 Å². The fraction of sp³-hybridized carbons (Fsp3) is 0.643. The van der Waals surface area contributed by atoms with E-state index in [-0.39, 0.29) is 0 Å². The van der Waals surface area contributed by atoms with Gasteiger partial charge in [-0.15, -0.1) is 0 Å². The van der Waals surface area contributed by atoms with Crippen LogP contribution in [-0.4, -0.2) is 60.0 Å². The molecule has 24 heavy (non-hydrogen) atoms. The minimum absolute atomic E-state index is 0.393. The van der Waals surface area contributed by atoms with E-state index in [4.69, 9.17) is 4.74 Å². The third kappa shape index (κ3) is 4.00. The number of urea groups is 2. The lowest BCUT2D eigenvalue weighted by Gasteiger charge is -2.23. The van der Waals surface area contributed by atoms with Gasteiger partial charge < -0.3 is 15.4 Å². The molecule has 1 atom stereocenters. The third-order valence-corrected chi connectivity index (χ3v) is 3.88. The van der Waals surface area contributed by atoms with Crippen LogP contribution in [0.1, 0.15) is 33.6 Å². The van der Waals surface area contributed by atoms with Crippen LogP contribution < -0.4 is 16.0 Å². The molecule has 1 rings (SSSR count). The predicted octanol–water partition coefficient (Wildman–Crippen LogP) is -0.516. The van der Waals surface area contributed by atoms with Crippen LogP contribution in [0.25, 0.3) is 0 Å². The molecule has 0 saturated carbocycles. The Bertz CT molecular complexity index is 557. The van der Waals surface area contributed by atoms with Gasteiger partial charge in [0.25, 0.3) is 11.8 Å². The highest BCUT2D eigenvalue weighted by molar-refractivity contribution is 6.08. The molecule has 1 aliphatic rings. The minimum atomic E-state index is -1.25. The van der Waals surface area contributed by atoms with Gasteiger partial charge in [-0.1, -0.05) is 13.8 Å². The molecule has 0 bridgehead atoms. The zero-order valence-corrected chi connectivity index (χ0v) is 14.1. The van der Waals surface area contributed by atoms with E-state index in [0.717, 1.165) is 4.90 Å². The van der Waals surface area contributed by atoms with Gasteiger partial charge in [0.1, 0.15) is 12.1 Å². The number of rotatable bonds is 6. The average Bonchev–Trinajstić information content (AvgIpc) is 2.79. The lowest BCUT2D eigenvalue weighted by molar-refractivity contribution is -0.156. The van der Waals surface area contributed by atoms with Gasteiger partial charge in [0.2, 0.25) is 0 Å². The third-order valence-electron chi connectivity index (χ3n) is 3.88. The topological polar surface area (TPSA) is 134 Å². The zero-order chi connectivity index (χ0) is 18.5. The molecule has 0 aromatic rings. The smallest absolute Gasteiger partial charge is 0.327 e. The van der Waals surface area contributed by atoms with E-state index in [1.165, 1.54) is 14.0 Å². The summed E-state index contributed by atoms with van der Waals surface area (Å²) in [6, 6.07) is -1.42. The number of carbonyl (C=O) groups is 5. The minimum Gasteiger partial charge on any atom is -0.451 e. The highest BCUT2D eigenvalue weighted by Gasteiger charge is 2.49. The van der Waals surface area contributed by atoms with Crippen molar-refractivity contribution in [3.05, 3.63) is 0 Å². The van der Waals surface area contributed by atoms with E-state index in [9.17, 15) is 24.0 Å². The van der Waals surface area contributed by atoms with Crippen LogP contribution in [-0.2, 0) is 19.1 Å². The van der Waals surface area contributed by atoms with Gasteiger partial charge in [-0.25, -0.2) is 9.59 Å². The number of ether oxygens (including phenoxy) is 1. The molecule has 0 aliphatic carbocycles. The molecule has 1 aliphatic heterocycles. The molecule has 134 valence electrons. The number of hydrogen-bond acceptors (Lipinski definition) is 6. The van der Waals surface area contributed by atoms with Gasteiger partial charge in [0, 0.05) is 7.05 Å². The number of nitrogens with one attached hydrogen (secondary N) is 3. The van der Waals surface area contributed by atoms with E-state index in [1.54, 1.807) is 13.8 Å². The van der Waals surface area contributed by atoms with Crippen molar-refractivity contribution in [2.75, 3.05) is 13.6 Å². The summed E-state index contributed by atoms with van der Waals surface area (Å²) in [5, 5.41) is 6.71. The van der Waals surface area contributed by atoms with Crippen LogP contribution in [0.5, 0.6) is 0 Å². The fourth-order valence-electron chi connectivity index (χ4n) is 2.24. The Morgan fingerprint density at radius 2 is 1.83 bits per heavy atom. The highest BCUT2D eigenvalue weighted by Crippen LogP contribution is 2.24. The Morgan fingerprint density at radius 3 is 2.29 bits per heavy atom. The lowest BCUT2D eigenvalue weighted by atomic mass is 9.93. The van der Waals surface area contributed by atoms with E-state index in [0.29, 0.717) is 12.8 Å². The van der Waals surface area contributed by atoms with Crippen molar-refractivity contribution >= 4 is 29.8 Å². The van der Waals surface area contributed by atoms with E-state index in [2.05, 4.69) is 10.6 Å². The van der Waals surface area contributed by atoms with Crippen LogP contribution in [0.3, 0.4) is 0 Å². The Morgan fingerprint density at radius 1 is 1.25 bits per heavy atom. The lowest BCUT2D eigenvalue weighted by Crippen LogP contribution is -2.46. The van der Waals surface area contributed by atoms with Gasteiger partial charge in [0.15, 0.2) is 6.10 Å². The fourth-order valence-corrected chi connectivity index (χ4v) is 2.24. The average molecular weight is 342 g/mol. The molecule has 1 saturated heterocycles. The van der Waals surface area contributed by atoms with Crippen molar-refractivity contribution in [3.63, 3.8) is 0 Å². The molecule has 3 N–H and O–H groups in total. The van der Waals surface area contributed by atoms with Crippen LogP contribution in [0.2, 0.25) is 0 Å². The SMILES string of the molecule is CCC1(CC)NC(=O)N(CC(=O)O[C@@H](C)C(=O)NC(=O)NC)C1=O. The Hall–Kier alpha value is -2.65. The van der Waals surface area contributed by atoms with Gasteiger partial charge in [-0.05, 0) is 19.8 Å². The first-order chi connectivity index (χ1) is 11.2. The van der Waals surface area contributed by atoms with Crippen LogP contribution in [0.4, 0.5) is 9.59 Å². The second-order valence-corrected chi connectivity index (χ2v) is 5.31. The van der Waals surface area contributed by atoms with Gasteiger partial charge >= 0.3 is 18.0 Å². The summed E-state index contributed by atoms with van der Waals surface area (Å²) in [5.41, 5.74) is -1.01. The number of hydrogen-bond donors (Lipinski definition) is 3. The summed E-state index contributed by atoms with van der Waals surface area (Å²) in [5.74, 6) is -2.26. The first-order valence-electron chi connectivity index (χ1n) is 7.56. The van der Waals surface area contributed by atoms with Crippen LogP contribution >= 0.6 is 0 Å². The van der Waals surface area contributed by atoms with Gasteiger partial charge in [-0.3, -0.25) is 24.6 Å². The maximum Gasteiger partial charge on any atom is 0.327 e. The molecule has 1 heterocycles. The number of amides is 6. The van der Waals surface area contributed by atoms with E-state index >= 15 is 0 Å². The molecule has 0 spiro atoms. The van der Waals surface area contributed by atoms with Gasteiger partial charge in [-0.2, -0.15) is 0 Å². The van der Waals surface area contributed by atoms with Crippen molar-refractivity contribution in [2.24, 2.45) is 0 Å². The zero-order valence-electron chi connectivity index (χ0n) is 14.1. The Balaban J connectivity index is 2.65. The second kappa shape index (κ2) is 7.75. The standard InChI is InChI=1S/C14H22N4O6/c1-5-14(6-2)11(21)18(13(23)17-14)7-9(19)24-8(3)10(20)16-12(22)15-4/h8H,5-7H2,1-4H3,(H,17,23)(H2,15,16,20,22)/t8-/m0/s1. The number of carbonyl (C=O) groups excluding carboxylic acids is 5. The van der Waals surface area contributed by atoms with Crippen molar-refractivity contribution in [2.45, 2.75) is 45.3 Å². The molecule has 6 amide bonds. The highest BCUT2D eigenvalue weighted by atomic mass is 16.5. The first kappa shape index (κ1) is 19.4. The normalized spacial score (nSPS) is 17.1. The molecule has 0 aromatic heterocycles. The quantitative estimate of drug-likeness (QED) is 0.439. The molecular weight excluding hydrogens is 320 g/mol. The molecular formula is C14H22N4O6. The molecule has 0 radical (unpaired) electrons. The monoisotopic (exact) mass is 342 g/mol. The second-order valence-electron chi connectivity index (χ2n) is 5.31. The summed E-state index contributed by atoms with van der Waals surface area (Å²) in [6.07, 6.45) is -0.465. The maximum absolute atomic E-state index is 12.3. The van der Waals surface area contributed by atoms with Crippen LogP contribution in [0, 0.1) is 0 Å². The van der Waals surface area contributed by atoms with Crippen molar-refractivity contribution in [1.82, 2.24) is 20.9 Å². The van der Waals surface area contributed by atoms with E-state index < -0.39 is 48.0 Å². The summed E-state index contributed by atoms with van der Waals surface area (Å²) in [7, 11) is 1.32. The molecule has 10 nitrogen and oxygen atoms in total. The van der Waals surface area contributed by atoms with Gasteiger partial charge in [0.05, 0.1) is 0 Å². The Kier molecular flexibility index (Phi) is 6.27. The first-order valence-corrected chi connectivity index (χ1v) is 7.56. The predicted molar refractivity (Wildman–Crippen MR) is 81.7 cm³/mol. The van der Waals surface area contributed by atoms with E-state index in [1.807, 2.05) is 5.32 Å². The molecule has 0 aromatic carbocycles. The largest absolute Gasteiger partial charge is 0.451 e. The summed E-state index contributed by atoms with van der Waals surface area (Å²) in [6.45, 7) is 4.18. The molecule has 0 unspecified atom stereocenters. The number of esters is 1. The van der Waals surface area contributed by atoms with Crippen molar-refractivity contribution in [1.29, 1.82) is 0 Å². The summed E-state index contributed by atoms with van der Waals surface area (Å²) in [4.78, 5) is 59.5. The maximum atomic E-state index is 12.3. The van der Waals surface area contributed by atoms with Crippen molar-refractivity contribution in [3.8, 4) is 0 Å². The number of imide groups is 2. The summed E-state index contributed by atoms with van der Waals surface area (Å²) >= 11 is 0. The summed E-state index contributed by atoms with van der Waals surface area (Å²) < 4.78 is 4.85. The molecule has 1 fully saturated rings. The molecule has 10 heteroatoms. The van der Waals surface area contributed by atoms with Crippen LogP contribution in [0.15, 0.2) is 0 Å².